The fourth-order valence-corrected chi connectivity index (χ4v) is 1.93. The Hall–Kier alpha value is -1.34. The van der Waals surface area contributed by atoms with Crippen LogP contribution in [0.4, 0.5) is 14.9 Å². The fraction of sp³-hybridized carbons (Fsp3) is 0. The van der Waals surface area contributed by atoms with Gasteiger partial charge in [0.25, 0.3) is 9.05 Å². The molecule has 0 radical (unpaired) electrons. The lowest BCUT2D eigenvalue weighted by Crippen LogP contribution is -2.10. The monoisotopic (exact) mass is 253 g/mol. The van der Waals surface area contributed by atoms with E-state index >= 15 is 0 Å². The molecule has 0 aliphatic rings. The van der Waals surface area contributed by atoms with E-state index in [2.05, 4.69) is 0 Å². The molecule has 8 heteroatoms. The Bertz CT molecular complexity index is 502. The van der Waals surface area contributed by atoms with Gasteiger partial charge in [-0.25, -0.2) is 17.6 Å². The lowest BCUT2D eigenvalue weighted by atomic mass is 10.3. The number of amides is 1. The van der Waals surface area contributed by atoms with Crippen LogP contribution in [-0.2, 0) is 9.05 Å². The maximum atomic E-state index is 12.7. The van der Waals surface area contributed by atoms with Gasteiger partial charge in [-0.15, -0.1) is 0 Å². The van der Waals surface area contributed by atoms with E-state index in [1.54, 1.807) is 5.32 Å². The molecule has 0 atom stereocenters. The molecule has 1 aromatic carbocycles. The topological polar surface area (TPSA) is 83.5 Å². The van der Waals surface area contributed by atoms with Gasteiger partial charge in [-0.3, -0.25) is 5.32 Å². The summed E-state index contributed by atoms with van der Waals surface area (Å²) in [6.07, 6.45) is -1.47. The van der Waals surface area contributed by atoms with E-state index in [-0.39, 0.29) is 5.69 Å². The van der Waals surface area contributed by atoms with Crippen molar-refractivity contribution in [2.45, 2.75) is 4.90 Å². The highest BCUT2D eigenvalue weighted by atomic mass is 35.7. The standard InChI is InChI=1S/C7H5ClFNO4S/c8-15(13,14)6-3-4(9)1-2-5(6)10-7(11)12/h1-3,10H,(H,11,12). The van der Waals surface area contributed by atoms with Crippen LogP contribution in [0.3, 0.4) is 0 Å². The molecule has 0 saturated heterocycles. The second-order valence-corrected chi connectivity index (χ2v) is 5.04. The van der Waals surface area contributed by atoms with E-state index in [0.717, 1.165) is 12.1 Å². The molecule has 0 aromatic heterocycles. The minimum atomic E-state index is -4.20. The normalized spacial score (nSPS) is 11.1. The molecule has 0 bridgehead atoms. The number of benzene rings is 1. The van der Waals surface area contributed by atoms with Crippen molar-refractivity contribution < 1.29 is 22.7 Å². The molecule has 1 aromatic rings. The zero-order valence-electron chi connectivity index (χ0n) is 7.07. The summed E-state index contributed by atoms with van der Waals surface area (Å²) in [4.78, 5) is 9.67. The minimum Gasteiger partial charge on any atom is -0.465 e. The van der Waals surface area contributed by atoms with E-state index in [0.29, 0.717) is 6.07 Å². The van der Waals surface area contributed by atoms with Crippen LogP contribution in [0.5, 0.6) is 0 Å². The Morgan fingerprint density at radius 2 is 2.07 bits per heavy atom. The maximum Gasteiger partial charge on any atom is 0.409 e. The first-order chi connectivity index (χ1) is 6.80. The van der Waals surface area contributed by atoms with Crippen LogP contribution in [0.25, 0.3) is 0 Å². The Morgan fingerprint density at radius 1 is 1.47 bits per heavy atom. The van der Waals surface area contributed by atoms with Gasteiger partial charge in [-0.05, 0) is 18.2 Å². The number of rotatable bonds is 2. The number of nitrogens with one attached hydrogen (secondary N) is 1. The third kappa shape index (κ3) is 3.07. The van der Waals surface area contributed by atoms with Crippen LogP contribution in [-0.4, -0.2) is 19.6 Å². The third-order valence-electron chi connectivity index (χ3n) is 1.45. The van der Waals surface area contributed by atoms with Crippen molar-refractivity contribution in [1.82, 2.24) is 0 Å². The fourth-order valence-electron chi connectivity index (χ4n) is 0.916. The summed E-state index contributed by atoms with van der Waals surface area (Å²) in [6.45, 7) is 0. The highest BCUT2D eigenvalue weighted by Gasteiger charge is 2.17. The number of carbonyl (C=O) groups is 1. The number of hydrogen-bond donors (Lipinski definition) is 2. The molecule has 0 saturated carbocycles. The van der Waals surface area contributed by atoms with E-state index in [4.69, 9.17) is 15.8 Å². The molecule has 0 aliphatic heterocycles. The molecule has 15 heavy (non-hydrogen) atoms. The van der Waals surface area contributed by atoms with Crippen molar-refractivity contribution >= 4 is 31.5 Å². The number of anilines is 1. The largest absolute Gasteiger partial charge is 0.465 e. The summed E-state index contributed by atoms with van der Waals surface area (Å²) in [5.74, 6) is -0.829. The van der Waals surface area contributed by atoms with Crippen molar-refractivity contribution in [1.29, 1.82) is 0 Å². The number of halogens is 2. The first kappa shape index (κ1) is 11.7. The van der Waals surface area contributed by atoms with Crippen molar-refractivity contribution in [3.63, 3.8) is 0 Å². The van der Waals surface area contributed by atoms with Crippen LogP contribution in [0.15, 0.2) is 23.1 Å². The summed E-state index contributed by atoms with van der Waals surface area (Å²) in [6, 6.07) is 2.52. The van der Waals surface area contributed by atoms with Gasteiger partial charge in [-0.2, -0.15) is 0 Å². The smallest absolute Gasteiger partial charge is 0.409 e. The second-order valence-electron chi connectivity index (χ2n) is 2.51. The Kier molecular flexibility index (Phi) is 3.15. The predicted molar refractivity (Wildman–Crippen MR) is 51.1 cm³/mol. The van der Waals surface area contributed by atoms with Crippen LogP contribution in [0.1, 0.15) is 0 Å². The molecule has 1 rings (SSSR count). The van der Waals surface area contributed by atoms with Gasteiger partial charge in [0, 0.05) is 10.7 Å². The highest BCUT2D eigenvalue weighted by molar-refractivity contribution is 8.13. The minimum absolute atomic E-state index is 0.293. The molecule has 0 spiro atoms. The molecule has 1 amide bonds. The Labute approximate surface area is 88.9 Å². The second kappa shape index (κ2) is 4.03. The number of hydrogen-bond acceptors (Lipinski definition) is 3. The zero-order chi connectivity index (χ0) is 11.6. The summed E-state index contributed by atoms with van der Waals surface area (Å²) in [5.41, 5.74) is -0.293. The van der Waals surface area contributed by atoms with Crippen LogP contribution in [0, 0.1) is 5.82 Å². The van der Waals surface area contributed by atoms with Crippen LogP contribution in [0.2, 0.25) is 0 Å². The molecular formula is C7H5ClFNO4S. The van der Waals surface area contributed by atoms with Crippen LogP contribution >= 0.6 is 10.7 Å². The van der Waals surface area contributed by atoms with Crippen LogP contribution < -0.4 is 5.32 Å². The van der Waals surface area contributed by atoms with Gasteiger partial charge in [-0.1, -0.05) is 0 Å². The van der Waals surface area contributed by atoms with Gasteiger partial charge in [0.2, 0.25) is 0 Å². The molecule has 0 heterocycles. The highest BCUT2D eigenvalue weighted by Crippen LogP contribution is 2.25. The molecule has 0 unspecified atom stereocenters. The van der Waals surface area contributed by atoms with E-state index in [9.17, 15) is 17.6 Å². The Morgan fingerprint density at radius 3 is 2.53 bits per heavy atom. The van der Waals surface area contributed by atoms with Gasteiger partial charge in [0.1, 0.15) is 10.7 Å². The van der Waals surface area contributed by atoms with Gasteiger partial charge in [0.15, 0.2) is 0 Å². The van der Waals surface area contributed by atoms with Crippen molar-refractivity contribution in [2.24, 2.45) is 0 Å². The Balaban J connectivity index is 3.33. The lowest BCUT2D eigenvalue weighted by Gasteiger charge is -2.05. The molecule has 5 nitrogen and oxygen atoms in total. The van der Waals surface area contributed by atoms with E-state index in [1.807, 2.05) is 0 Å². The SMILES string of the molecule is O=C(O)Nc1ccc(F)cc1S(=O)(=O)Cl. The predicted octanol–water partition coefficient (Wildman–Crippen LogP) is 1.84. The molecule has 2 N–H and O–H groups in total. The lowest BCUT2D eigenvalue weighted by molar-refractivity contribution is 0.209. The third-order valence-corrected chi connectivity index (χ3v) is 2.81. The van der Waals surface area contributed by atoms with Crippen molar-refractivity contribution in [2.75, 3.05) is 5.32 Å². The van der Waals surface area contributed by atoms with Crippen molar-refractivity contribution in [3.8, 4) is 0 Å². The van der Waals surface area contributed by atoms with E-state index < -0.39 is 25.9 Å². The zero-order valence-corrected chi connectivity index (χ0v) is 8.64. The van der Waals surface area contributed by atoms with Gasteiger partial charge in [0.05, 0.1) is 5.69 Å². The van der Waals surface area contributed by atoms with Gasteiger partial charge >= 0.3 is 6.09 Å². The molecule has 0 fully saturated rings. The summed E-state index contributed by atoms with van der Waals surface area (Å²) in [5, 5.41) is 10.2. The average Bonchev–Trinajstić information content (AvgIpc) is 2.05. The number of carboxylic acid groups (broad SMARTS) is 1. The quantitative estimate of drug-likeness (QED) is 0.788. The molecule has 0 aliphatic carbocycles. The maximum absolute atomic E-state index is 12.7. The summed E-state index contributed by atoms with van der Waals surface area (Å²) in [7, 11) is 0.797. The van der Waals surface area contributed by atoms with E-state index in [1.165, 1.54) is 0 Å². The average molecular weight is 254 g/mol. The molecular weight excluding hydrogens is 249 g/mol. The molecule has 82 valence electrons. The van der Waals surface area contributed by atoms with Crippen molar-refractivity contribution in [3.05, 3.63) is 24.0 Å². The summed E-state index contributed by atoms with van der Waals surface area (Å²) >= 11 is 0. The first-order valence-electron chi connectivity index (χ1n) is 3.55. The van der Waals surface area contributed by atoms with Gasteiger partial charge < -0.3 is 5.11 Å². The first-order valence-corrected chi connectivity index (χ1v) is 5.86. The summed E-state index contributed by atoms with van der Waals surface area (Å²) < 4.78 is 34.6.